The molecule has 2 aromatic heterocycles. The first kappa shape index (κ1) is 15.9. The van der Waals surface area contributed by atoms with Crippen LogP contribution in [-0.2, 0) is 6.54 Å². The van der Waals surface area contributed by atoms with Gasteiger partial charge in [0.05, 0.1) is 17.0 Å². The number of piperazine rings is 1. The van der Waals surface area contributed by atoms with Crippen LogP contribution in [0.5, 0.6) is 0 Å². The van der Waals surface area contributed by atoms with Crippen LogP contribution in [0, 0.1) is 17.1 Å². The van der Waals surface area contributed by atoms with Gasteiger partial charge < -0.3 is 4.90 Å². The van der Waals surface area contributed by atoms with E-state index < -0.39 is 0 Å². The minimum atomic E-state index is -0.253. The van der Waals surface area contributed by atoms with Gasteiger partial charge in [-0.1, -0.05) is 0 Å². The molecule has 3 heterocycles. The van der Waals surface area contributed by atoms with Crippen molar-refractivity contribution in [2.45, 2.75) is 6.54 Å². The lowest BCUT2D eigenvalue weighted by atomic mass is 10.1. The SMILES string of the molecule is N#Cc1ccc(F)c(CN2CCN(c3ncnc4sccc34)CC2)c1. The number of nitriles is 1. The molecule has 0 bridgehead atoms. The smallest absolute Gasteiger partial charge is 0.140 e. The van der Waals surface area contributed by atoms with Crippen molar-refractivity contribution in [3.05, 3.63) is 52.9 Å². The van der Waals surface area contributed by atoms with E-state index >= 15 is 0 Å². The zero-order valence-electron chi connectivity index (χ0n) is 13.5. The molecule has 1 fully saturated rings. The summed E-state index contributed by atoms with van der Waals surface area (Å²) < 4.78 is 14.0. The number of aromatic nitrogens is 2. The Labute approximate surface area is 149 Å². The Morgan fingerprint density at radius 1 is 1.16 bits per heavy atom. The highest BCUT2D eigenvalue weighted by Crippen LogP contribution is 2.27. The van der Waals surface area contributed by atoms with Crippen LogP contribution in [0.25, 0.3) is 10.2 Å². The summed E-state index contributed by atoms with van der Waals surface area (Å²) in [6.07, 6.45) is 1.61. The first-order valence-electron chi connectivity index (χ1n) is 8.08. The van der Waals surface area contributed by atoms with Gasteiger partial charge in [0.2, 0.25) is 0 Å². The summed E-state index contributed by atoms with van der Waals surface area (Å²) in [6, 6.07) is 8.65. The maximum absolute atomic E-state index is 14.0. The number of fused-ring (bicyclic) bond motifs is 1. The van der Waals surface area contributed by atoms with Crippen molar-refractivity contribution in [2.24, 2.45) is 0 Å². The lowest BCUT2D eigenvalue weighted by molar-refractivity contribution is 0.246. The average molecular weight is 353 g/mol. The highest BCUT2D eigenvalue weighted by atomic mass is 32.1. The molecule has 0 aliphatic carbocycles. The number of hydrogen-bond donors (Lipinski definition) is 0. The fourth-order valence-electron chi connectivity index (χ4n) is 3.15. The predicted octanol–water partition coefficient (Wildman–Crippen LogP) is 3.02. The molecule has 0 saturated carbocycles. The van der Waals surface area contributed by atoms with Gasteiger partial charge in [-0.2, -0.15) is 5.26 Å². The molecular formula is C18H16FN5S. The van der Waals surface area contributed by atoms with Crippen LogP contribution < -0.4 is 4.90 Å². The van der Waals surface area contributed by atoms with Crippen LogP contribution in [0.1, 0.15) is 11.1 Å². The molecule has 0 spiro atoms. The average Bonchev–Trinajstić information content (AvgIpc) is 3.13. The summed E-state index contributed by atoms with van der Waals surface area (Å²) in [5, 5.41) is 12.1. The largest absolute Gasteiger partial charge is 0.353 e. The van der Waals surface area contributed by atoms with Gasteiger partial charge in [-0.3, -0.25) is 4.90 Å². The monoisotopic (exact) mass is 353 g/mol. The summed E-state index contributed by atoms with van der Waals surface area (Å²) in [6.45, 7) is 3.84. The number of anilines is 1. The summed E-state index contributed by atoms with van der Waals surface area (Å²) in [5.74, 6) is 0.723. The van der Waals surface area contributed by atoms with Gasteiger partial charge in [0.1, 0.15) is 22.8 Å². The van der Waals surface area contributed by atoms with Crippen LogP contribution in [0.4, 0.5) is 10.2 Å². The Morgan fingerprint density at radius 3 is 2.80 bits per heavy atom. The zero-order chi connectivity index (χ0) is 17.2. The van der Waals surface area contributed by atoms with Gasteiger partial charge >= 0.3 is 0 Å². The van der Waals surface area contributed by atoms with Crippen LogP contribution in [-0.4, -0.2) is 41.0 Å². The van der Waals surface area contributed by atoms with Crippen LogP contribution in [0.3, 0.4) is 0 Å². The molecule has 0 radical (unpaired) electrons. The van der Waals surface area contributed by atoms with Crippen LogP contribution in [0.2, 0.25) is 0 Å². The number of nitrogens with zero attached hydrogens (tertiary/aromatic N) is 5. The minimum Gasteiger partial charge on any atom is -0.353 e. The van der Waals surface area contributed by atoms with E-state index in [1.165, 1.54) is 12.1 Å². The van der Waals surface area contributed by atoms with E-state index in [0.29, 0.717) is 17.7 Å². The van der Waals surface area contributed by atoms with Gasteiger partial charge in [-0.15, -0.1) is 11.3 Å². The summed E-state index contributed by atoms with van der Waals surface area (Å²) >= 11 is 1.62. The van der Waals surface area contributed by atoms with Gasteiger partial charge in [-0.25, -0.2) is 14.4 Å². The van der Waals surface area contributed by atoms with Crippen LogP contribution >= 0.6 is 11.3 Å². The standard InChI is InChI=1S/C18H16FN5S/c19-16-2-1-13(10-20)9-14(16)11-23-4-6-24(7-5-23)17-15-3-8-25-18(15)22-12-21-17/h1-3,8-9,12H,4-7,11H2. The molecule has 0 amide bonds. The molecule has 4 rings (SSSR count). The molecule has 1 aliphatic heterocycles. The van der Waals surface area contributed by atoms with Crippen molar-refractivity contribution < 1.29 is 4.39 Å². The molecule has 5 nitrogen and oxygen atoms in total. The van der Waals surface area contributed by atoms with Crippen molar-refractivity contribution in [3.8, 4) is 6.07 Å². The number of hydrogen-bond acceptors (Lipinski definition) is 6. The van der Waals surface area contributed by atoms with E-state index in [1.807, 2.05) is 5.38 Å². The Morgan fingerprint density at radius 2 is 2.00 bits per heavy atom. The second kappa shape index (κ2) is 6.75. The fourth-order valence-corrected chi connectivity index (χ4v) is 3.88. The van der Waals surface area contributed by atoms with E-state index in [1.54, 1.807) is 23.7 Å². The maximum atomic E-state index is 14.0. The third-order valence-corrected chi connectivity index (χ3v) is 5.30. The van der Waals surface area contributed by atoms with Crippen LogP contribution in [0.15, 0.2) is 36.0 Å². The van der Waals surface area contributed by atoms with Crippen molar-refractivity contribution in [3.63, 3.8) is 0 Å². The predicted molar refractivity (Wildman–Crippen MR) is 96.0 cm³/mol. The molecular weight excluding hydrogens is 337 g/mol. The third kappa shape index (κ3) is 3.18. The Kier molecular flexibility index (Phi) is 4.30. The van der Waals surface area contributed by atoms with E-state index in [0.717, 1.165) is 42.2 Å². The molecule has 126 valence electrons. The number of rotatable bonds is 3. The maximum Gasteiger partial charge on any atom is 0.140 e. The number of thiophene rings is 1. The molecule has 0 N–H and O–H groups in total. The normalized spacial score (nSPS) is 15.4. The van der Waals surface area contributed by atoms with Gasteiger partial charge in [-0.05, 0) is 29.6 Å². The Bertz CT molecular complexity index is 940. The summed E-state index contributed by atoms with van der Waals surface area (Å²) in [7, 11) is 0. The number of benzene rings is 1. The molecule has 7 heteroatoms. The third-order valence-electron chi connectivity index (χ3n) is 4.48. The molecule has 1 aromatic carbocycles. The molecule has 0 unspecified atom stereocenters. The zero-order valence-corrected chi connectivity index (χ0v) is 14.3. The van der Waals surface area contributed by atoms with E-state index in [2.05, 4.69) is 31.9 Å². The van der Waals surface area contributed by atoms with Crippen molar-refractivity contribution in [1.82, 2.24) is 14.9 Å². The Hall–Kier alpha value is -2.56. The van der Waals surface area contributed by atoms with E-state index in [9.17, 15) is 4.39 Å². The van der Waals surface area contributed by atoms with E-state index in [4.69, 9.17) is 5.26 Å². The first-order chi connectivity index (χ1) is 12.2. The lowest BCUT2D eigenvalue weighted by Gasteiger charge is -2.35. The van der Waals surface area contributed by atoms with Crippen molar-refractivity contribution in [2.75, 3.05) is 31.1 Å². The minimum absolute atomic E-state index is 0.253. The molecule has 1 saturated heterocycles. The quantitative estimate of drug-likeness (QED) is 0.724. The lowest BCUT2D eigenvalue weighted by Crippen LogP contribution is -2.46. The molecule has 3 aromatic rings. The number of halogens is 1. The van der Waals surface area contributed by atoms with Gasteiger partial charge in [0, 0.05) is 38.3 Å². The fraction of sp³-hybridized carbons (Fsp3) is 0.278. The van der Waals surface area contributed by atoms with Crippen molar-refractivity contribution >= 4 is 27.4 Å². The second-order valence-corrected chi connectivity index (χ2v) is 6.91. The van der Waals surface area contributed by atoms with Crippen molar-refractivity contribution in [1.29, 1.82) is 5.26 Å². The first-order valence-corrected chi connectivity index (χ1v) is 8.96. The molecule has 0 atom stereocenters. The molecule has 25 heavy (non-hydrogen) atoms. The van der Waals surface area contributed by atoms with E-state index in [-0.39, 0.29) is 5.82 Å². The van der Waals surface area contributed by atoms with Gasteiger partial charge in [0.15, 0.2) is 0 Å². The highest BCUT2D eigenvalue weighted by Gasteiger charge is 2.21. The second-order valence-electron chi connectivity index (χ2n) is 6.02. The van der Waals surface area contributed by atoms with Gasteiger partial charge in [0.25, 0.3) is 0 Å². The summed E-state index contributed by atoms with van der Waals surface area (Å²) in [4.78, 5) is 14.2. The molecule has 1 aliphatic rings. The summed E-state index contributed by atoms with van der Waals surface area (Å²) in [5.41, 5.74) is 1.07. The Balaban J connectivity index is 1.45. The highest BCUT2D eigenvalue weighted by molar-refractivity contribution is 7.16. The topological polar surface area (TPSA) is 56.1 Å².